The summed E-state index contributed by atoms with van der Waals surface area (Å²) in [7, 11) is 1.95. The van der Waals surface area contributed by atoms with E-state index in [1.54, 1.807) is 6.07 Å². The molecule has 1 atom stereocenters. The van der Waals surface area contributed by atoms with E-state index in [1.807, 2.05) is 7.05 Å². The standard InChI is InChI=1S/C17H19BrFNO/c1-12(10-20-2)14-5-3-13(4-6-14)11-21-17-8-15(18)7-16(19)9-17/h3-9,12,20H,10-11H2,1-2H3. The molecule has 0 aliphatic rings. The Labute approximate surface area is 133 Å². The van der Waals surface area contributed by atoms with Crippen LogP contribution in [0.5, 0.6) is 5.75 Å². The molecule has 0 amide bonds. The summed E-state index contributed by atoms with van der Waals surface area (Å²) in [5, 5.41) is 3.17. The van der Waals surface area contributed by atoms with Gasteiger partial charge >= 0.3 is 0 Å². The number of ether oxygens (including phenoxy) is 1. The first-order valence-corrected chi connectivity index (χ1v) is 7.70. The summed E-state index contributed by atoms with van der Waals surface area (Å²) in [5.74, 6) is 0.689. The largest absolute Gasteiger partial charge is 0.489 e. The zero-order chi connectivity index (χ0) is 15.2. The molecule has 2 aromatic rings. The van der Waals surface area contributed by atoms with Crippen LogP contribution >= 0.6 is 15.9 Å². The van der Waals surface area contributed by atoms with Crippen LogP contribution in [0.3, 0.4) is 0 Å². The van der Waals surface area contributed by atoms with Crippen molar-refractivity contribution in [2.75, 3.05) is 13.6 Å². The van der Waals surface area contributed by atoms with Crippen molar-refractivity contribution >= 4 is 15.9 Å². The fourth-order valence-corrected chi connectivity index (χ4v) is 2.59. The van der Waals surface area contributed by atoms with Gasteiger partial charge < -0.3 is 10.1 Å². The number of hydrogen-bond donors (Lipinski definition) is 1. The van der Waals surface area contributed by atoms with Crippen molar-refractivity contribution in [3.05, 3.63) is 63.9 Å². The van der Waals surface area contributed by atoms with Gasteiger partial charge in [0.2, 0.25) is 0 Å². The predicted molar refractivity (Wildman–Crippen MR) is 87.2 cm³/mol. The summed E-state index contributed by atoms with van der Waals surface area (Å²) < 4.78 is 19.5. The van der Waals surface area contributed by atoms with Gasteiger partial charge in [-0.25, -0.2) is 4.39 Å². The van der Waals surface area contributed by atoms with Gasteiger partial charge in [0.05, 0.1) is 0 Å². The molecular formula is C17H19BrFNO. The highest BCUT2D eigenvalue weighted by Gasteiger charge is 2.05. The van der Waals surface area contributed by atoms with E-state index in [-0.39, 0.29) is 5.82 Å². The first-order valence-electron chi connectivity index (χ1n) is 6.91. The maximum absolute atomic E-state index is 13.3. The number of benzene rings is 2. The van der Waals surface area contributed by atoms with Crippen molar-refractivity contribution in [3.8, 4) is 5.75 Å². The summed E-state index contributed by atoms with van der Waals surface area (Å²) in [4.78, 5) is 0. The Hall–Kier alpha value is -1.39. The van der Waals surface area contributed by atoms with Gasteiger partial charge in [-0.15, -0.1) is 0 Å². The lowest BCUT2D eigenvalue weighted by Crippen LogP contribution is -2.14. The van der Waals surface area contributed by atoms with Gasteiger partial charge in [-0.3, -0.25) is 0 Å². The molecule has 2 nitrogen and oxygen atoms in total. The molecule has 0 aliphatic carbocycles. The lowest BCUT2D eigenvalue weighted by molar-refractivity contribution is 0.304. The molecule has 0 aromatic heterocycles. The Morgan fingerprint density at radius 2 is 1.90 bits per heavy atom. The van der Waals surface area contributed by atoms with Crippen molar-refractivity contribution in [3.63, 3.8) is 0 Å². The third-order valence-corrected chi connectivity index (χ3v) is 3.76. The molecule has 0 radical (unpaired) electrons. The highest BCUT2D eigenvalue weighted by Crippen LogP contribution is 2.22. The number of rotatable bonds is 6. The molecule has 0 spiro atoms. The topological polar surface area (TPSA) is 21.3 Å². The van der Waals surface area contributed by atoms with Crippen LogP contribution in [-0.2, 0) is 6.61 Å². The average Bonchev–Trinajstić information content (AvgIpc) is 2.45. The third kappa shape index (κ3) is 4.83. The van der Waals surface area contributed by atoms with E-state index in [4.69, 9.17) is 4.74 Å². The van der Waals surface area contributed by atoms with E-state index in [0.29, 0.717) is 22.7 Å². The average molecular weight is 352 g/mol. The van der Waals surface area contributed by atoms with E-state index < -0.39 is 0 Å². The monoisotopic (exact) mass is 351 g/mol. The van der Waals surface area contributed by atoms with Gasteiger partial charge in [0.25, 0.3) is 0 Å². The second-order valence-corrected chi connectivity index (χ2v) is 6.01. The summed E-state index contributed by atoms with van der Waals surface area (Å²) >= 11 is 3.25. The summed E-state index contributed by atoms with van der Waals surface area (Å²) in [6.45, 7) is 3.57. The van der Waals surface area contributed by atoms with Crippen molar-refractivity contribution in [2.24, 2.45) is 0 Å². The summed E-state index contributed by atoms with van der Waals surface area (Å²) in [6, 6.07) is 12.9. The van der Waals surface area contributed by atoms with Crippen LogP contribution in [0.15, 0.2) is 46.9 Å². The molecule has 0 bridgehead atoms. The Balaban J connectivity index is 1.97. The van der Waals surface area contributed by atoms with Crippen molar-refractivity contribution < 1.29 is 9.13 Å². The van der Waals surface area contributed by atoms with Crippen molar-refractivity contribution in [1.29, 1.82) is 0 Å². The second kappa shape index (κ2) is 7.57. The molecule has 0 fully saturated rings. The Morgan fingerprint density at radius 3 is 2.52 bits per heavy atom. The number of hydrogen-bond acceptors (Lipinski definition) is 2. The summed E-state index contributed by atoms with van der Waals surface area (Å²) in [6.07, 6.45) is 0. The van der Waals surface area contributed by atoms with E-state index in [9.17, 15) is 4.39 Å². The van der Waals surface area contributed by atoms with Crippen molar-refractivity contribution in [2.45, 2.75) is 19.4 Å². The zero-order valence-corrected chi connectivity index (χ0v) is 13.8. The van der Waals surface area contributed by atoms with Crippen LogP contribution in [0.2, 0.25) is 0 Å². The Kier molecular flexibility index (Phi) is 5.76. The molecule has 2 aromatic carbocycles. The van der Waals surface area contributed by atoms with Gasteiger partial charge in [-0.05, 0) is 36.2 Å². The highest BCUT2D eigenvalue weighted by molar-refractivity contribution is 9.10. The first kappa shape index (κ1) is 16.0. The lowest BCUT2D eigenvalue weighted by atomic mass is 10.00. The minimum atomic E-state index is -0.310. The number of nitrogens with one attached hydrogen (secondary N) is 1. The van der Waals surface area contributed by atoms with E-state index in [2.05, 4.69) is 52.4 Å². The van der Waals surface area contributed by atoms with Crippen LogP contribution in [-0.4, -0.2) is 13.6 Å². The molecule has 0 aliphatic heterocycles. The first-order chi connectivity index (χ1) is 10.1. The molecule has 112 valence electrons. The number of likely N-dealkylation sites (N-methyl/N-ethyl adjacent to an activating group) is 1. The van der Waals surface area contributed by atoms with E-state index in [1.165, 1.54) is 17.7 Å². The summed E-state index contributed by atoms with van der Waals surface area (Å²) in [5.41, 5.74) is 2.36. The van der Waals surface area contributed by atoms with E-state index in [0.717, 1.165) is 12.1 Å². The fraction of sp³-hybridized carbons (Fsp3) is 0.294. The van der Waals surface area contributed by atoms with Gasteiger partial charge in [0, 0.05) is 17.1 Å². The minimum Gasteiger partial charge on any atom is -0.489 e. The molecule has 0 saturated heterocycles. The predicted octanol–water partition coefficient (Wildman–Crippen LogP) is 4.49. The third-order valence-electron chi connectivity index (χ3n) is 3.30. The maximum atomic E-state index is 13.3. The SMILES string of the molecule is CNCC(C)c1ccc(COc2cc(F)cc(Br)c2)cc1. The quantitative estimate of drug-likeness (QED) is 0.827. The minimum absolute atomic E-state index is 0.310. The molecule has 0 heterocycles. The van der Waals surface area contributed by atoms with Crippen LogP contribution in [0, 0.1) is 5.82 Å². The molecule has 2 rings (SSSR count). The van der Waals surface area contributed by atoms with Crippen LogP contribution < -0.4 is 10.1 Å². The van der Waals surface area contributed by atoms with Crippen LogP contribution in [0.4, 0.5) is 4.39 Å². The Morgan fingerprint density at radius 1 is 1.19 bits per heavy atom. The van der Waals surface area contributed by atoms with Gasteiger partial charge in [-0.2, -0.15) is 0 Å². The lowest BCUT2D eigenvalue weighted by Gasteiger charge is -2.12. The molecular weight excluding hydrogens is 333 g/mol. The smallest absolute Gasteiger partial charge is 0.128 e. The number of halogens is 2. The molecule has 21 heavy (non-hydrogen) atoms. The van der Waals surface area contributed by atoms with E-state index >= 15 is 0 Å². The fourth-order valence-electron chi connectivity index (χ4n) is 2.14. The molecule has 1 N–H and O–H groups in total. The van der Waals surface area contributed by atoms with Gasteiger partial charge in [0.1, 0.15) is 18.2 Å². The zero-order valence-electron chi connectivity index (χ0n) is 12.2. The van der Waals surface area contributed by atoms with Gasteiger partial charge in [0.15, 0.2) is 0 Å². The van der Waals surface area contributed by atoms with Crippen molar-refractivity contribution in [1.82, 2.24) is 5.32 Å². The van der Waals surface area contributed by atoms with Crippen LogP contribution in [0.1, 0.15) is 24.0 Å². The molecule has 1 unspecified atom stereocenters. The molecule has 0 saturated carbocycles. The highest BCUT2D eigenvalue weighted by atomic mass is 79.9. The Bertz CT molecular complexity index is 566. The van der Waals surface area contributed by atoms with Crippen LogP contribution in [0.25, 0.3) is 0 Å². The normalized spacial score (nSPS) is 12.2. The maximum Gasteiger partial charge on any atom is 0.128 e. The molecule has 4 heteroatoms. The van der Waals surface area contributed by atoms with Gasteiger partial charge in [-0.1, -0.05) is 47.1 Å². The second-order valence-electron chi connectivity index (χ2n) is 5.09.